The number of halogens is 2. The Morgan fingerprint density at radius 1 is 1.18 bits per heavy atom. The fourth-order valence-corrected chi connectivity index (χ4v) is 3.13. The SMILES string of the molecule is Fc1cccc(F)c1N1CCN[C@@H]2CCC[C@@H]21. The van der Waals surface area contributed by atoms with Crippen molar-refractivity contribution in [1.29, 1.82) is 0 Å². The molecule has 1 aromatic rings. The lowest BCUT2D eigenvalue weighted by atomic mass is 10.1. The van der Waals surface area contributed by atoms with Crippen LogP contribution in [-0.2, 0) is 0 Å². The Labute approximate surface area is 99.6 Å². The van der Waals surface area contributed by atoms with Gasteiger partial charge in [0.25, 0.3) is 0 Å². The number of nitrogens with zero attached hydrogens (tertiary/aromatic N) is 1. The molecule has 2 aliphatic rings. The van der Waals surface area contributed by atoms with Crippen molar-refractivity contribution in [3.63, 3.8) is 0 Å². The quantitative estimate of drug-likeness (QED) is 0.807. The highest BCUT2D eigenvalue weighted by Crippen LogP contribution is 2.33. The summed E-state index contributed by atoms with van der Waals surface area (Å²) in [6.07, 6.45) is 3.26. The summed E-state index contributed by atoms with van der Waals surface area (Å²) in [6.45, 7) is 1.48. The van der Waals surface area contributed by atoms with Crippen molar-refractivity contribution >= 4 is 5.69 Å². The predicted octanol–water partition coefficient (Wildman–Crippen LogP) is 2.30. The lowest BCUT2D eigenvalue weighted by molar-refractivity contribution is 0.395. The van der Waals surface area contributed by atoms with E-state index >= 15 is 0 Å². The van der Waals surface area contributed by atoms with Crippen LogP contribution < -0.4 is 10.2 Å². The third-order valence-corrected chi connectivity index (χ3v) is 3.86. The van der Waals surface area contributed by atoms with E-state index in [-0.39, 0.29) is 11.7 Å². The Bertz CT molecular complexity index is 402. The van der Waals surface area contributed by atoms with Crippen LogP contribution in [0.2, 0.25) is 0 Å². The van der Waals surface area contributed by atoms with Crippen molar-refractivity contribution in [2.45, 2.75) is 31.3 Å². The first-order chi connectivity index (χ1) is 8.27. The number of hydrogen-bond acceptors (Lipinski definition) is 2. The first-order valence-electron chi connectivity index (χ1n) is 6.21. The van der Waals surface area contributed by atoms with Gasteiger partial charge in [0, 0.05) is 25.2 Å². The van der Waals surface area contributed by atoms with Gasteiger partial charge < -0.3 is 10.2 Å². The van der Waals surface area contributed by atoms with Crippen molar-refractivity contribution < 1.29 is 8.78 Å². The second-order valence-corrected chi connectivity index (χ2v) is 4.82. The molecule has 2 atom stereocenters. The molecule has 1 N–H and O–H groups in total. The van der Waals surface area contributed by atoms with Crippen molar-refractivity contribution in [2.24, 2.45) is 0 Å². The number of nitrogens with one attached hydrogen (secondary N) is 1. The van der Waals surface area contributed by atoms with Gasteiger partial charge in [-0.25, -0.2) is 8.78 Å². The molecular weight excluding hydrogens is 222 g/mol. The molecule has 4 heteroatoms. The zero-order valence-corrected chi connectivity index (χ0v) is 9.63. The standard InChI is InChI=1S/C13H16F2N2/c14-9-3-1-4-10(15)13(9)17-8-7-16-11-5-2-6-12(11)17/h1,3-4,11-12,16H,2,5-8H2/t11-,12+/m1/s1. The van der Waals surface area contributed by atoms with E-state index in [1.54, 1.807) is 0 Å². The lowest BCUT2D eigenvalue weighted by Crippen LogP contribution is -2.56. The van der Waals surface area contributed by atoms with Gasteiger partial charge in [0.2, 0.25) is 0 Å². The third-order valence-electron chi connectivity index (χ3n) is 3.86. The molecule has 2 fully saturated rings. The van der Waals surface area contributed by atoms with Crippen LogP contribution in [0.1, 0.15) is 19.3 Å². The number of benzene rings is 1. The van der Waals surface area contributed by atoms with E-state index in [9.17, 15) is 8.78 Å². The molecule has 0 amide bonds. The average Bonchev–Trinajstić information content (AvgIpc) is 2.77. The van der Waals surface area contributed by atoms with Crippen LogP contribution in [-0.4, -0.2) is 25.2 Å². The number of fused-ring (bicyclic) bond motifs is 1. The summed E-state index contributed by atoms with van der Waals surface area (Å²) in [5.41, 5.74) is 0.158. The van der Waals surface area contributed by atoms with Gasteiger partial charge >= 0.3 is 0 Å². The van der Waals surface area contributed by atoms with Crippen molar-refractivity contribution in [3.8, 4) is 0 Å². The van der Waals surface area contributed by atoms with Gasteiger partial charge in [-0.2, -0.15) is 0 Å². The van der Waals surface area contributed by atoms with E-state index in [2.05, 4.69) is 5.32 Å². The number of anilines is 1. The topological polar surface area (TPSA) is 15.3 Å². The summed E-state index contributed by atoms with van der Waals surface area (Å²) in [5, 5.41) is 3.43. The highest BCUT2D eigenvalue weighted by molar-refractivity contribution is 5.51. The molecule has 1 saturated carbocycles. The molecule has 1 saturated heterocycles. The molecule has 1 aliphatic heterocycles. The van der Waals surface area contributed by atoms with Gasteiger partial charge in [-0.05, 0) is 31.4 Å². The lowest BCUT2D eigenvalue weighted by Gasteiger charge is -2.40. The van der Waals surface area contributed by atoms with Crippen LogP contribution >= 0.6 is 0 Å². The summed E-state index contributed by atoms with van der Waals surface area (Å²) in [6, 6.07) is 4.73. The molecule has 0 unspecified atom stereocenters. The van der Waals surface area contributed by atoms with Crippen LogP contribution in [0.4, 0.5) is 14.5 Å². The zero-order valence-electron chi connectivity index (χ0n) is 9.63. The van der Waals surface area contributed by atoms with Crippen LogP contribution in [0, 0.1) is 11.6 Å². The largest absolute Gasteiger partial charge is 0.361 e. The molecule has 0 spiro atoms. The normalized spacial score (nSPS) is 28.2. The monoisotopic (exact) mass is 238 g/mol. The minimum Gasteiger partial charge on any atom is -0.361 e. The van der Waals surface area contributed by atoms with Gasteiger partial charge in [0.05, 0.1) is 0 Å². The molecule has 3 rings (SSSR count). The average molecular weight is 238 g/mol. The van der Waals surface area contributed by atoms with E-state index in [4.69, 9.17) is 0 Å². The summed E-state index contributed by atoms with van der Waals surface area (Å²) < 4.78 is 27.6. The van der Waals surface area contributed by atoms with Gasteiger partial charge in [0.1, 0.15) is 17.3 Å². The fourth-order valence-electron chi connectivity index (χ4n) is 3.13. The summed E-state index contributed by atoms with van der Waals surface area (Å²) in [5.74, 6) is -0.893. The number of hydrogen-bond donors (Lipinski definition) is 1. The van der Waals surface area contributed by atoms with Crippen LogP contribution in [0.3, 0.4) is 0 Å². The van der Waals surface area contributed by atoms with Crippen LogP contribution in [0.5, 0.6) is 0 Å². The van der Waals surface area contributed by atoms with Crippen molar-refractivity contribution in [2.75, 3.05) is 18.0 Å². The van der Waals surface area contributed by atoms with E-state index in [1.807, 2.05) is 4.90 Å². The molecule has 0 aromatic heterocycles. The Morgan fingerprint density at radius 2 is 1.94 bits per heavy atom. The third kappa shape index (κ3) is 1.80. The smallest absolute Gasteiger partial charge is 0.149 e. The Balaban J connectivity index is 1.97. The van der Waals surface area contributed by atoms with E-state index in [0.717, 1.165) is 25.8 Å². The summed E-state index contributed by atoms with van der Waals surface area (Å²) in [4.78, 5) is 1.92. The highest BCUT2D eigenvalue weighted by atomic mass is 19.1. The molecule has 17 heavy (non-hydrogen) atoms. The molecule has 0 radical (unpaired) electrons. The number of rotatable bonds is 1. The second kappa shape index (κ2) is 4.26. The number of para-hydroxylation sites is 1. The first kappa shape index (κ1) is 11.0. The van der Waals surface area contributed by atoms with Gasteiger partial charge in [-0.3, -0.25) is 0 Å². The fraction of sp³-hybridized carbons (Fsp3) is 0.538. The molecule has 92 valence electrons. The minimum absolute atomic E-state index is 0.158. The molecular formula is C13H16F2N2. The maximum absolute atomic E-state index is 13.8. The van der Waals surface area contributed by atoms with E-state index < -0.39 is 11.6 Å². The van der Waals surface area contributed by atoms with Crippen LogP contribution in [0.15, 0.2) is 18.2 Å². The maximum atomic E-state index is 13.8. The minimum atomic E-state index is -0.447. The number of piperazine rings is 1. The van der Waals surface area contributed by atoms with Gasteiger partial charge in [-0.1, -0.05) is 6.07 Å². The van der Waals surface area contributed by atoms with Crippen LogP contribution in [0.25, 0.3) is 0 Å². The van der Waals surface area contributed by atoms with Crippen molar-refractivity contribution in [1.82, 2.24) is 5.32 Å². The van der Waals surface area contributed by atoms with Gasteiger partial charge in [-0.15, -0.1) is 0 Å². The summed E-state index contributed by atoms with van der Waals surface area (Å²) >= 11 is 0. The zero-order chi connectivity index (χ0) is 11.8. The second-order valence-electron chi connectivity index (χ2n) is 4.82. The van der Waals surface area contributed by atoms with E-state index in [0.29, 0.717) is 12.6 Å². The molecule has 1 aliphatic carbocycles. The summed E-state index contributed by atoms with van der Waals surface area (Å²) in [7, 11) is 0. The molecule has 1 aromatic carbocycles. The Hall–Kier alpha value is -1.16. The Morgan fingerprint density at radius 3 is 2.71 bits per heavy atom. The first-order valence-corrected chi connectivity index (χ1v) is 6.21. The van der Waals surface area contributed by atoms with Gasteiger partial charge in [0.15, 0.2) is 0 Å². The molecule has 1 heterocycles. The Kier molecular flexibility index (Phi) is 2.74. The van der Waals surface area contributed by atoms with E-state index in [1.165, 1.54) is 18.2 Å². The molecule has 2 nitrogen and oxygen atoms in total. The maximum Gasteiger partial charge on any atom is 0.149 e. The molecule has 0 bridgehead atoms. The highest BCUT2D eigenvalue weighted by Gasteiger charge is 2.36. The predicted molar refractivity (Wildman–Crippen MR) is 63.1 cm³/mol. The van der Waals surface area contributed by atoms with Crippen molar-refractivity contribution in [3.05, 3.63) is 29.8 Å².